The minimum Gasteiger partial charge on any atom is -0.410 e. The van der Waals surface area contributed by atoms with Crippen LogP contribution in [0, 0.1) is 0 Å². The molecule has 0 bridgehead atoms. The number of benzene rings is 1. The van der Waals surface area contributed by atoms with Crippen LogP contribution in [0.25, 0.3) is 0 Å². The van der Waals surface area contributed by atoms with Crippen LogP contribution in [0.3, 0.4) is 0 Å². The molecule has 3 rings (SSSR count). The highest BCUT2D eigenvalue weighted by Crippen LogP contribution is 2.30. The third kappa shape index (κ3) is 7.33. The van der Waals surface area contributed by atoms with Gasteiger partial charge >= 0.3 is 6.09 Å². The second kappa shape index (κ2) is 12.9. The van der Waals surface area contributed by atoms with Gasteiger partial charge in [0.1, 0.15) is 17.7 Å². The number of nitrogens with zero attached hydrogens (tertiary/aromatic N) is 5. The number of ether oxygens (including phenoxy) is 1. The van der Waals surface area contributed by atoms with E-state index < -0.39 is 16.1 Å². The lowest BCUT2D eigenvalue weighted by Gasteiger charge is -2.29. The molecule has 208 valence electrons. The van der Waals surface area contributed by atoms with Gasteiger partial charge in [-0.05, 0) is 64.7 Å². The van der Waals surface area contributed by atoms with Gasteiger partial charge in [0.05, 0.1) is 18.5 Å². The third-order valence-corrected chi connectivity index (χ3v) is 7.63. The summed E-state index contributed by atoms with van der Waals surface area (Å²) in [5, 5.41) is 3.14. The molecule has 38 heavy (non-hydrogen) atoms. The van der Waals surface area contributed by atoms with Gasteiger partial charge in [-0.3, -0.25) is 4.31 Å². The van der Waals surface area contributed by atoms with E-state index in [1.54, 1.807) is 43.0 Å². The van der Waals surface area contributed by atoms with Gasteiger partial charge in [-0.2, -0.15) is 4.98 Å². The highest BCUT2D eigenvalue weighted by Gasteiger charge is 2.27. The van der Waals surface area contributed by atoms with Crippen LogP contribution in [-0.2, 0) is 21.2 Å². The first-order valence-electron chi connectivity index (χ1n) is 13.0. The highest BCUT2D eigenvalue weighted by molar-refractivity contribution is 7.92. The van der Waals surface area contributed by atoms with Gasteiger partial charge in [0.25, 0.3) is 0 Å². The molecule has 1 fully saturated rings. The van der Waals surface area contributed by atoms with E-state index in [1.807, 2.05) is 18.7 Å². The predicted molar refractivity (Wildman–Crippen MR) is 149 cm³/mol. The lowest BCUT2D eigenvalue weighted by atomic mass is 10.1. The number of aldehydes is 1. The van der Waals surface area contributed by atoms with Crippen LogP contribution in [0.4, 0.5) is 22.2 Å². The lowest BCUT2D eigenvalue weighted by molar-refractivity contribution is -0.108. The summed E-state index contributed by atoms with van der Waals surface area (Å²) in [5.74, 6) is 1.13. The molecule has 1 amide bonds. The molecule has 1 aromatic carbocycles. The van der Waals surface area contributed by atoms with Crippen LogP contribution < -0.4 is 19.3 Å². The van der Waals surface area contributed by atoms with Crippen molar-refractivity contribution in [2.75, 3.05) is 47.0 Å². The van der Waals surface area contributed by atoms with Crippen molar-refractivity contribution in [1.29, 1.82) is 0 Å². The standard InChI is InChI=1S/C26H38N6O5S/c1-6-30(7-2)25-27-17-23(32(19(3)4)38(5,35)36)24(29-25)28-21(18-33)16-20-10-12-22(13-11-20)37-26(34)31-14-8-9-15-31/h10-13,17-19,21H,6-9,14-16H2,1-5H3,(H,27,28,29)/t21-/m0/s1. The topological polar surface area (TPSA) is 125 Å². The van der Waals surface area contributed by atoms with Crippen LogP contribution in [0.5, 0.6) is 5.75 Å². The van der Waals surface area contributed by atoms with Crippen molar-refractivity contribution in [3.8, 4) is 5.75 Å². The number of sulfonamides is 1. The second-order valence-corrected chi connectivity index (χ2v) is 11.4. The second-order valence-electron chi connectivity index (χ2n) is 9.53. The molecule has 1 N–H and O–H groups in total. The monoisotopic (exact) mass is 546 g/mol. The third-order valence-electron chi connectivity index (χ3n) is 6.30. The van der Waals surface area contributed by atoms with Gasteiger partial charge in [0.15, 0.2) is 5.82 Å². The van der Waals surface area contributed by atoms with Crippen molar-refractivity contribution in [2.24, 2.45) is 0 Å². The summed E-state index contributed by atoms with van der Waals surface area (Å²) >= 11 is 0. The molecule has 2 heterocycles. The number of amides is 1. The Morgan fingerprint density at radius 2 is 1.79 bits per heavy atom. The maximum Gasteiger partial charge on any atom is 0.415 e. The van der Waals surface area contributed by atoms with Gasteiger partial charge in [-0.15, -0.1) is 0 Å². The number of rotatable bonds is 12. The molecule has 0 spiro atoms. The zero-order valence-corrected chi connectivity index (χ0v) is 23.6. The SMILES string of the molecule is CCN(CC)c1ncc(N(C(C)C)S(C)(=O)=O)c(N[C@H](C=O)Cc2ccc(OC(=O)N3CCCC3)cc2)n1. The summed E-state index contributed by atoms with van der Waals surface area (Å²) in [6, 6.07) is 5.90. The average Bonchev–Trinajstić information content (AvgIpc) is 3.41. The maximum absolute atomic E-state index is 12.6. The largest absolute Gasteiger partial charge is 0.415 e. The van der Waals surface area contributed by atoms with E-state index in [-0.39, 0.29) is 23.6 Å². The normalized spacial score (nSPS) is 14.3. The smallest absolute Gasteiger partial charge is 0.410 e. The van der Waals surface area contributed by atoms with Crippen molar-refractivity contribution >= 4 is 39.9 Å². The summed E-state index contributed by atoms with van der Waals surface area (Å²) in [4.78, 5) is 37.0. The zero-order valence-electron chi connectivity index (χ0n) is 22.8. The van der Waals surface area contributed by atoms with Crippen molar-refractivity contribution < 1.29 is 22.7 Å². The Morgan fingerprint density at radius 1 is 1.16 bits per heavy atom. The summed E-state index contributed by atoms with van der Waals surface area (Å²) in [6.45, 7) is 10.2. The molecule has 2 aromatic rings. The first-order chi connectivity index (χ1) is 18.1. The minimum atomic E-state index is -3.64. The van der Waals surface area contributed by atoms with E-state index in [0.29, 0.717) is 44.3 Å². The number of carbonyl (C=O) groups is 2. The fraction of sp³-hybridized carbons (Fsp3) is 0.538. The molecule has 1 aliphatic heterocycles. The number of anilines is 3. The van der Waals surface area contributed by atoms with Crippen molar-refractivity contribution in [1.82, 2.24) is 14.9 Å². The molecule has 0 radical (unpaired) electrons. The highest BCUT2D eigenvalue weighted by atomic mass is 32.2. The molecule has 0 saturated carbocycles. The first-order valence-corrected chi connectivity index (χ1v) is 14.8. The van der Waals surface area contributed by atoms with Crippen LogP contribution >= 0.6 is 0 Å². The molecular formula is C26H38N6O5S. The quantitative estimate of drug-likeness (QED) is 0.399. The van der Waals surface area contributed by atoms with E-state index in [4.69, 9.17) is 4.74 Å². The van der Waals surface area contributed by atoms with Gasteiger partial charge in [-0.1, -0.05) is 12.1 Å². The Bertz CT molecular complexity index is 1200. The van der Waals surface area contributed by atoms with Gasteiger partial charge in [-0.25, -0.2) is 18.2 Å². The summed E-state index contributed by atoms with van der Waals surface area (Å²) < 4.78 is 31.9. The van der Waals surface area contributed by atoms with Gasteiger partial charge < -0.3 is 24.6 Å². The van der Waals surface area contributed by atoms with Crippen molar-refractivity contribution in [3.05, 3.63) is 36.0 Å². The fourth-order valence-electron chi connectivity index (χ4n) is 4.45. The molecular weight excluding hydrogens is 508 g/mol. The first kappa shape index (κ1) is 29.2. The fourth-order valence-corrected chi connectivity index (χ4v) is 5.71. The Kier molecular flexibility index (Phi) is 9.90. The summed E-state index contributed by atoms with van der Waals surface area (Å²) in [5.41, 5.74) is 1.11. The lowest BCUT2D eigenvalue weighted by Crippen LogP contribution is -2.38. The van der Waals surface area contributed by atoms with Crippen molar-refractivity contribution in [2.45, 2.75) is 59.0 Å². The average molecular weight is 547 g/mol. The number of carbonyl (C=O) groups excluding carboxylic acids is 2. The van der Waals surface area contributed by atoms with Crippen LogP contribution in [0.1, 0.15) is 46.1 Å². The Balaban J connectivity index is 1.83. The number of hydrogen-bond donors (Lipinski definition) is 1. The summed E-state index contributed by atoms with van der Waals surface area (Å²) in [6.07, 6.45) is 5.30. The number of aromatic nitrogens is 2. The number of nitrogens with one attached hydrogen (secondary N) is 1. The molecule has 11 nitrogen and oxygen atoms in total. The van der Waals surface area contributed by atoms with E-state index in [1.165, 1.54) is 10.5 Å². The van der Waals surface area contributed by atoms with Gasteiger partial charge in [0.2, 0.25) is 16.0 Å². The molecule has 0 aliphatic carbocycles. The minimum absolute atomic E-state index is 0.259. The van der Waals surface area contributed by atoms with Crippen molar-refractivity contribution in [3.63, 3.8) is 0 Å². The van der Waals surface area contributed by atoms with Crippen LogP contribution in [-0.4, -0.2) is 80.2 Å². The number of hydrogen-bond acceptors (Lipinski definition) is 9. The maximum atomic E-state index is 12.6. The van der Waals surface area contributed by atoms with Crippen LogP contribution in [0.15, 0.2) is 30.5 Å². The zero-order chi connectivity index (χ0) is 27.9. The Labute approximate surface area is 225 Å². The molecule has 12 heteroatoms. The molecule has 1 aromatic heterocycles. The molecule has 0 unspecified atom stereocenters. The summed E-state index contributed by atoms with van der Waals surface area (Å²) in [7, 11) is -3.64. The van der Waals surface area contributed by atoms with E-state index in [2.05, 4.69) is 15.3 Å². The predicted octanol–water partition coefficient (Wildman–Crippen LogP) is 3.31. The molecule has 1 saturated heterocycles. The molecule has 1 atom stereocenters. The Morgan fingerprint density at radius 3 is 2.32 bits per heavy atom. The molecule has 1 aliphatic rings. The number of likely N-dealkylation sites (tertiary alicyclic amines) is 1. The van der Waals surface area contributed by atoms with E-state index in [0.717, 1.165) is 30.9 Å². The van der Waals surface area contributed by atoms with E-state index in [9.17, 15) is 18.0 Å². The van der Waals surface area contributed by atoms with E-state index >= 15 is 0 Å². The van der Waals surface area contributed by atoms with Crippen LogP contribution in [0.2, 0.25) is 0 Å². The van der Waals surface area contributed by atoms with Gasteiger partial charge in [0, 0.05) is 32.2 Å². The Hall–Kier alpha value is -3.41.